The number of carbonyl (C=O) groups is 1. The minimum Gasteiger partial charge on any atom is -0.496 e. The lowest BCUT2D eigenvalue weighted by Gasteiger charge is -2.13. The van der Waals surface area contributed by atoms with Crippen LogP contribution in [0.1, 0.15) is 24.5 Å². The van der Waals surface area contributed by atoms with Crippen molar-refractivity contribution in [1.82, 2.24) is 4.90 Å². The van der Waals surface area contributed by atoms with Crippen LogP contribution < -0.4 is 4.74 Å². The van der Waals surface area contributed by atoms with E-state index in [2.05, 4.69) is 0 Å². The van der Waals surface area contributed by atoms with Crippen LogP contribution in [-0.4, -0.2) is 17.9 Å². The van der Waals surface area contributed by atoms with Crippen LogP contribution in [0.3, 0.4) is 0 Å². The molecule has 0 aromatic heterocycles. The Hall–Kier alpha value is -2.36. The summed E-state index contributed by atoms with van der Waals surface area (Å²) < 4.78 is 18.9. The zero-order valence-corrected chi connectivity index (χ0v) is 12.7. The predicted molar refractivity (Wildman–Crippen MR) is 82.9 cm³/mol. The third-order valence-corrected chi connectivity index (χ3v) is 4.06. The summed E-state index contributed by atoms with van der Waals surface area (Å²) in [5.74, 6) is 0.501. The highest BCUT2D eigenvalue weighted by Gasteiger charge is 2.22. The van der Waals surface area contributed by atoms with Crippen molar-refractivity contribution in [3.8, 4) is 16.9 Å². The fourth-order valence-electron chi connectivity index (χ4n) is 2.87. The van der Waals surface area contributed by atoms with Crippen LogP contribution in [0.5, 0.6) is 5.75 Å². The topological polar surface area (TPSA) is 29.5 Å². The summed E-state index contributed by atoms with van der Waals surface area (Å²) in [5, 5.41) is 0. The number of benzene rings is 2. The minimum absolute atomic E-state index is 0.154. The maximum Gasteiger partial charge on any atom is 0.222 e. The van der Waals surface area contributed by atoms with Crippen molar-refractivity contribution >= 4 is 5.91 Å². The molecule has 0 spiro atoms. The van der Waals surface area contributed by atoms with Crippen LogP contribution in [-0.2, 0) is 17.9 Å². The Morgan fingerprint density at radius 3 is 2.68 bits per heavy atom. The summed E-state index contributed by atoms with van der Waals surface area (Å²) in [6.07, 6.45) is 0.512. The molecule has 2 aromatic rings. The van der Waals surface area contributed by atoms with E-state index in [1.165, 1.54) is 12.1 Å². The first-order valence-corrected chi connectivity index (χ1v) is 7.36. The van der Waals surface area contributed by atoms with Crippen molar-refractivity contribution in [3.63, 3.8) is 0 Å². The number of ether oxygens (including phenoxy) is 1. The molecule has 1 aliphatic rings. The summed E-state index contributed by atoms with van der Waals surface area (Å²) >= 11 is 0. The van der Waals surface area contributed by atoms with Gasteiger partial charge in [-0.05, 0) is 41.0 Å². The van der Waals surface area contributed by atoms with Crippen LogP contribution in [0.15, 0.2) is 36.4 Å². The van der Waals surface area contributed by atoms with E-state index in [9.17, 15) is 9.18 Å². The molecule has 0 N–H and O–H groups in total. The second-order valence-corrected chi connectivity index (χ2v) is 5.43. The molecule has 0 aliphatic carbocycles. The predicted octanol–water partition coefficient (Wildman–Crippen LogP) is 3.75. The molecule has 0 fully saturated rings. The number of nitrogens with zero attached hydrogens (tertiary/aromatic N) is 1. The van der Waals surface area contributed by atoms with E-state index >= 15 is 0 Å². The highest BCUT2D eigenvalue weighted by molar-refractivity contribution is 5.77. The molecule has 1 aliphatic heterocycles. The summed E-state index contributed by atoms with van der Waals surface area (Å²) in [5.41, 5.74) is 3.90. The number of halogens is 1. The van der Waals surface area contributed by atoms with Crippen molar-refractivity contribution in [2.45, 2.75) is 26.4 Å². The zero-order chi connectivity index (χ0) is 15.7. The number of hydrogen-bond acceptors (Lipinski definition) is 2. The smallest absolute Gasteiger partial charge is 0.222 e. The molecule has 1 heterocycles. The summed E-state index contributed by atoms with van der Waals surface area (Å²) in [4.78, 5) is 13.7. The van der Waals surface area contributed by atoms with Gasteiger partial charge in [0.05, 0.1) is 7.11 Å². The first kappa shape index (κ1) is 14.6. The van der Waals surface area contributed by atoms with E-state index in [0.717, 1.165) is 22.3 Å². The fraction of sp³-hybridized carbons (Fsp3) is 0.278. The molecule has 0 unspecified atom stereocenters. The van der Waals surface area contributed by atoms with Crippen LogP contribution in [0.2, 0.25) is 0 Å². The van der Waals surface area contributed by atoms with Gasteiger partial charge in [-0.1, -0.05) is 19.1 Å². The maximum absolute atomic E-state index is 13.5. The van der Waals surface area contributed by atoms with Gasteiger partial charge in [-0.3, -0.25) is 4.79 Å². The van der Waals surface area contributed by atoms with Crippen molar-refractivity contribution in [1.29, 1.82) is 0 Å². The third kappa shape index (κ3) is 2.56. The van der Waals surface area contributed by atoms with Gasteiger partial charge in [0.25, 0.3) is 0 Å². The second kappa shape index (κ2) is 5.79. The van der Waals surface area contributed by atoms with Crippen molar-refractivity contribution in [2.24, 2.45) is 0 Å². The Labute approximate surface area is 129 Å². The van der Waals surface area contributed by atoms with Gasteiger partial charge < -0.3 is 9.64 Å². The largest absolute Gasteiger partial charge is 0.496 e. The minimum atomic E-state index is -0.293. The van der Waals surface area contributed by atoms with E-state index < -0.39 is 0 Å². The first-order valence-electron chi connectivity index (χ1n) is 7.36. The van der Waals surface area contributed by atoms with E-state index in [1.807, 2.05) is 30.0 Å². The zero-order valence-electron chi connectivity index (χ0n) is 12.7. The SMILES string of the molecule is CCC(=O)N1Cc2ccc(-c3cc(F)ccc3OC)cc2C1. The first-order chi connectivity index (χ1) is 10.6. The highest BCUT2D eigenvalue weighted by Crippen LogP contribution is 2.34. The maximum atomic E-state index is 13.5. The van der Waals surface area contributed by atoms with Crippen molar-refractivity contribution < 1.29 is 13.9 Å². The Kier molecular flexibility index (Phi) is 3.84. The molecule has 0 radical (unpaired) electrons. The molecule has 1 amide bonds. The van der Waals surface area contributed by atoms with Gasteiger partial charge in [0, 0.05) is 25.1 Å². The van der Waals surface area contributed by atoms with Gasteiger partial charge in [0.2, 0.25) is 5.91 Å². The van der Waals surface area contributed by atoms with Gasteiger partial charge in [-0.2, -0.15) is 0 Å². The molecule has 0 bridgehead atoms. The standard InChI is InChI=1S/C18H18FNO2/c1-3-18(21)20-10-13-5-4-12(8-14(13)11-20)16-9-15(19)6-7-17(16)22-2/h4-9H,3,10-11H2,1-2H3. The lowest BCUT2D eigenvalue weighted by molar-refractivity contribution is -0.131. The summed E-state index contributed by atoms with van der Waals surface area (Å²) in [6, 6.07) is 10.5. The van der Waals surface area contributed by atoms with Gasteiger partial charge in [-0.25, -0.2) is 4.39 Å². The van der Waals surface area contributed by atoms with Crippen LogP contribution >= 0.6 is 0 Å². The van der Waals surface area contributed by atoms with E-state index in [0.29, 0.717) is 25.3 Å². The number of hydrogen-bond donors (Lipinski definition) is 0. The third-order valence-electron chi connectivity index (χ3n) is 4.06. The lowest BCUT2D eigenvalue weighted by Crippen LogP contribution is -2.23. The number of carbonyl (C=O) groups excluding carboxylic acids is 1. The Balaban J connectivity index is 1.97. The molecule has 0 saturated heterocycles. The molecule has 0 saturated carbocycles. The van der Waals surface area contributed by atoms with Gasteiger partial charge in [-0.15, -0.1) is 0 Å². The number of methoxy groups -OCH3 is 1. The molecule has 4 heteroatoms. The van der Waals surface area contributed by atoms with Crippen LogP contribution in [0, 0.1) is 5.82 Å². The molecular formula is C18H18FNO2. The van der Waals surface area contributed by atoms with Gasteiger partial charge in [0.15, 0.2) is 0 Å². The van der Waals surface area contributed by atoms with Crippen LogP contribution in [0.4, 0.5) is 4.39 Å². The highest BCUT2D eigenvalue weighted by atomic mass is 19.1. The van der Waals surface area contributed by atoms with E-state index in [4.69, 9.17) is 4.74 Å². The van der Waals surface area contributed by atoms with E-state index in [1.54, 1.807) is 13.2 Å². The normalized spacial score (nSPS) is 13.1. The fourth-order valence-corrected chi connectivity index (χ4v) is 2.87. The van der Waals surface area contributed by atoms with E-state index in [-0.39, 0.29) is 11.7 Å². The van der Waals surface area contributed by atoms with Gasteiger partial charge in [0.1, 0.15) is 11.6 Å². The Bertz CT molecular complexity index is 727. The monoisotopic (exact) mass is 299 g/mol. The molecule has 22 heavy (non-hydrogen) atoms. The Morgan fingerprint density at radius 2 is 1.95 bits per heavy atom. The molecule has 3 rings (SSSR count). The van der Waals surface area contributed by atoms with Crippen molar-refractivity contribution in [2.75, 3.05) is 7.11 Å². The molecule has 0 atom stereocenters. The average molecular weight is 299 g/mol. The summed E-state index contributed by atoms with van der Waals surface area (Å²) in [7, 11) is 1.58. The molecular weight excluding hydrogens is 281 g/mol. The number of fused-ring (bicyclic) bond motifs is 1. The quantitative estimate of drug-likeness (QED) is 0.864. The number of amides is 1. The molecule has 114 valence electrons. The second-order valence-electron chi connectivity index (χ2n) is 5.43. The summed E-state index contributed by atoms with van der Waals surface area (Å²) in [6.45, 7) is 3.14. The lowest BCUT2D eigenvalue weighted by atomic mass is 10.00. The molecule has 3 nitrogen and oxygen atoms in total. The van der Waals surface area contributed by atoms with Crippen molar-refractivity contribution in [3.05, 3.63) is 53.3 Å². The molecule has 2 aromatic carbocycles. The number of rotatable bonds is 3. The Morgan fingerprint density at radius 1 is 1.18 bits per heavy atom. The van der Waals surface area contributed by atoms with Crippen LogP contribution in [0.25, 0.3) is 11.1 Å². The average Bonchev–Trinajstić information content (AvgIpc) is 2.97. The van der Waals surface area contributed by atoms with Gasteiger partial charge >= 0.3 is 0 Å².